The van der Waals surface area contributed by atoms with E-state index in [1.54, 1.807) is 0 Å². The quantitative estimate of drug-likeness (QED) is 0.602. The normalized spacial score (nSPS) is 14.6. The average molecular weight is 220 g/mol. The molecule has 1 aliphatic rings. The zero-order valence-corrected chi connectivity index (χ0v) is 9.10. The Morgan fingerprint density at radius 2 is 2.06 bits per heavy atom. The van der Waals surface area contributed by atoms with Gasteiger partial charge in [-0.1, -0.05) is 30.3 Å². The molecule has 0 bridgehead atoms. The number of urea groups is 1. The Hall–Kier alpha value is -1.55. The van der Waals surface area contributed by atoms with Gasteiger partial charge in [0.15, 0.2) is 0 Å². The molecule has 0 unspecified atom stereocenters. The number of carbonyl (C=O) groups excluding carboxylic acids is 1. The van der Waals surface area contributed by atoms with E-state index in [0.29, 0.717) is 12.5 Å². The summed E-state index contributed by atoms with van der Waals surface area (Å²) in [4.78, 5) is 11.4. The lowest BCUT2D eigenvalue weighted by atomic mass is 10.2. The van der Waals surface area contributed by atoms with Gasteiger partial charge in [0, 0.05) is 6.54 Å². The van der Waals surface area contributed by atoms with E-state index in [9.17, 15) is 10.0 Å². The van der Waals surface area contributed by atoms with E-state index >= 15 is 0 Å². The molecule has 0 aliphatic heterocycles. The van der Waals surface area contributed by atoms with Crippen molar-refractivity contribution >= 4 is 6.03 Å². The van der Waals surface area contributed by atoms with E-state index in [-0.39, 0.29) is 6.54 Å². The van der Waals surface area contributed by atoms with Crippen LogP contribution in [-0.2, 0) is 6.54 Å². The third kappa shape index (κ3) is 3.24. The van der Waals surface area contributed by atoms with Crippen molar-refractivity contribution in [1.29, 1.82) is 0 Å². The topological polar surface area (TPSA) is 52.6 Å². The van der Waals surface area contributed by atoms with Crippen molar-refractivity contribution in [2.75, 3.05) is 6.54 Å². The summed E-state index contributed by atoms with van der Waals surface area (Å²) in [5.41, 5.74) is 0.909. The van der Waals surface area contributed by atoms with Crippen LogP contribution in [0.1, 0.15) is 18.4 Å². The van der Waals surface area contributed by atoms with Gasteiger partial charge in [-0.05, 0) is 24.3 Å². The summed E-state index contributed by atoms with van der Waals surface area (Å²) < 4.78 is 0. The molecule has 0 atom stereocenters. The zero-order valence-electron chi connectivity index (χ0n) is 9.10. The summed E-state index contributed by atoms with van der Waals surface area (Å²) in [7, 11) is 0. The first kappa shape index (κ1) is 11.0. The molecular formula is C12H16N2O2. The van der Waals surface area contributed by atoms with Gasteiger partial charge in [0.1, 0.15) is 0 Å². The smallest absolute Gasteiger partial charge is 0.336 e. The minimum atomic E-state index is -0.421. The molecule has 86 valence electrons. The number of carbonyl (C=O) groups is 1. The highest BCUT2D eigenvalue weighted by Gasteiger charge is 2.22. The highest BCUT2D eigenvalue weighted by Crippen LogP contribution is 2.27. The van der Waals surface area contributed by atoms with Crippen molar-refractivity contribution in [3.63, 3.8) is 0 Å². The molecule has 0 saturated heterocycles. The second-order valence-electron chi connectivity index (χ2n) is 4.17. The van der Waals surface area contributed by atoms with Crippen LogP contribution in [0.25, 0.3) is 0 Å². The lowest BCUT2D eigenvalue weighted by molar-refractivity contribution is -0.0508. The van der Waals surface area contributed by atoms with Gasteiger partial charge in [0.25, 0.3) is 0 Å². The molecule has 1 aromatic carbocycles. The first-order valence-corrected chi connectivity index (χ1v) is 5.54. The summed E-state index contributed by atoms with van der Waals surface area (Å²) in [5, 5.41) is 12.9. The Kier molecular flexibility index (Phi) is 3.41. The summed E-state index contributed by atoms with van der Waals surface area (Å²) in [5.74, 6) is 0.620. The third-order valence-electron chi connectivity index (χ3n) is 2.65. The molecule has 1 saturated carbocycles. The molecule has 1 aliphatic carbocycles. The second kappa shape index (κ2) is 4.99. The van der Waals surface area contributed by atoms with E-state index in [0.717, 1.165) is 10.6 Å². The molecule has 0 radical (unpaired) electrons. The molecule has 2 N–H and O–H groups in total. The average Bonchev–Trinajstić information content (AvgIpc) is 3.11. The number of nitrogens with one attached hydrogen (secondary N) is 1. The van der Waals surface area contributed by atoms with Gasteiger partial charge in [-0.25, -0.2) is 9.86 Å². The Morgan fingerprint density at radius 3 is 2.69 bits per heavy atom. The lowest BCUT2D eigenvalue weighted by Crippen LogP contribution is -2.38. The molecule has 2 rings (SSSR count). The maximum Gasteiger partial charge on any atom is 0.341 e. The minimum Gasteiger partial charge on any atom is -0.336 e. The lowest BCUT2D eigenvalue weighted by Gasteiger charge is -2.15. The van der Waals surface area contributed by atoms with Crippen molar-refractivity contribution in [3.05, 3.63) is 35.9 Å². The first-order valence-electron chi connectivity index (χ1n) is 5.54. The van der Waals surface area contributed by atoms with Crippen LogP contribution in [-0.4, -0.2) is 22.8 Å². The molecular weight excluding hydrogens is 204 g/mol. The standard InChI is InChI=1S/C12H16N2O2/c15-12(13-8-10-6-7-10)14(16)9-11-4-2-1-3-5-11/h1-5,10,16H,6-9H2,(H,13,15). The molecule has 0 spiro atoms. The van der Waals surface area contributed by atoms with Crippen LogP contribution in [0.3, 0.4) is 0 Å². The number of hydrogen-bond donors (Lipinski definition) is 2. The number of hydrogen-bond acceptors (Lipinski definition) is 2. The van der Waals surface area contributed by atoms with Crippen molar-refractivity contribution in [2.45, 2.75) is 19.4 Å². The van der Waals surface area contributed by atoms with Crippen LogP contribution in [0.5, 0.6) is 0 Å². The maximum absolute atomic E-state index is 11.4. The van der Waals surface area contributed by atoms with Crippen LogP contribution >= 0.6 is 0 Å². The Bertz CT molecular complexity index is 349. The zero-order chi connectivity index (χ0) is 11.4. The minimum absolute atomic E-state index is 0.220. The van der Waals surface area contributed by atoms with Gasteiger partial charge in [0.2, 0.25) is 0 Å². The van der Waals surface area contributed by atoms with E-state index < -0.39 is 6.03 Å². The Balaban J connectivity index is 1.77. The van der Waals surface area contributed by atoms with Crippen LogP contribution in [0.15, 0.2) is 30.3 Å². The van der Waals surface area contributed by atoms with E-state index in [1.165, 1.54) is 12.8 Å². The number of amides is 2. The molecule has 2 amide bonds. The predicted octanol–water partition coefficient (Wildman–Crippen LogP) is 2.00. The van der Waals surface area contributed by atoms with E-state index in [1.807, 2.05) is 30.3 Å². The van der Waals surface area contributed by atoms with Crippen molar-refractivity contribution in [2.24, 2.45) is 5.92 Å². The molecule has 1 fully saturated rings. The van der Waals surface area contributed by atoms with Gasteiger partial charge in [-0.2, -0.15) is 0 Å². The number of nitrogens with zero attached hydrogens (tertiary/aromatic N) is 1. The fourth-order valence-corrected chi connectivity index (χ4v) is 1.47. The van der Waals surface area contributed by atoms with Gasteiger partial charge in [0.05, 0.1) is 6.54 Å². The molecule has 0 heterocycles. The summed E-state index contributed by atoms with van der Waals surface area (Å²) in [6, 6.07) is 8.99. The van der Waals surface area contributed by atoms with Gasteiger partial charge in [-0.3, -0.25) is 5.21 Å². The Labute approximate surface area is 94.8 Å². The molecule has 1 aromatic rings. The van der Waals surface area contributed by atoms with Crippen LogP contribution in [0.4, 0.5) is 4.79 Å². The maximum atomic E-state index is 11.4. The fraction of sp³-hybridized carbons (Fsp3) is 0.417. The van der Waals surface area contributed by atoms with Crippen LogP contribution < -0.4 is 5.32 Å². The highest BCUT2D eigenvalue weighted by atomic mass is 16.5. The summed E-state index contributed by atoms with van der Waals surface area (Å²) in [6.45, 7) is 0.891. The van der Waals surface area contributed by atoms with E-state index in [2.05, 4.69) is 5.32 Å². The monoisotopic (exact) mass is 220 g/mol. The van der Waals surface area contributed by atoms with E-state index in [4.69, 9.17) is 0 Å². The SMILES string of the molecule is O=C(NCC1CC1)N(O)Cc1ccccc1. The third-order valence-corrected chi connectivity index (χ3v) is 2.65. The molecule has 0 aromatic heterocycles. The molecule has 4 nitrogen and oxygen atoms in total. The van der Waals surface area contributed by atoms with Crippen LogP contribution in [0, 0.1) is 5.92 Å². The van der Waals surface area contributed by atoms with Gasteiger partial charge in [-0.15, -0.1) is 0 Å². The summed E-state index contributed by atoms with van der Waals surface area (Å²) >= 11 is 0. The second-order valence-corrected chi connectivity index (χ2v) is 4.17. The summed E-state index contributed by atoms with van der Waals surface area (Å²) in [6.07, 6.45) is 2.37. The number of rotatable bonds is 4. The predicted molar refractivity (Wildman–Crippen MR) is 59.9 cm³/mol. The first-order chi connectivity index (χ1) is 7.75. The highest BCUT2D eigenvalue weighted by molar-refractivity contribution is 5.72. The largest absolute Gasteiger partial charge is 0.341 e. The van der Waals surface area contributed by atoms with Crippen molar-refractivity contribution in [3.8, 4) is 0 Å². The van der Waals surface area contributed by atoms with Gasteiger partial charge < -0.3 is 5.32 Å². The molecule has 16 heavy (non-hydrogen) atoms. The van der Waals surface area contributed by atoms with Crippen LogP contribution in [0.2, 0.25) is 0 Å². The van der Waals surface area contributed by atoms with Gasteiger partial charge >= 0.3 is 6.03 Å². The number of hydroxylamine groups is 2. The fourth-order valence-electron chi connectivity index (χ4n) is 1.47. The van der Waals surface area contributed by atoms with Crippen molar-refractivity contribution in [1.82, 2.24) is 10.4 Å². The Morgan fingerprint density at radius 1 is 1.38 bits per heavy atom. The van der Waals surface area contributed by atoms with Crippen molar-refractivity contribution < 1.29 is 10.0 Å². The number of benzene rings is 1. The molecule has 4 heteroatoms.